The number of aromatic nitrogens is 5. The molecule has 0 radical (unpaired) electrons. The number of carbonyl (C=O) groups excluding carboxylic acids is 2. The first-order valence-electron chi connectivity index (χ1n) is 14.6. The number of hydrogen-bond acceptors (Lipinski definition) is 5. The molecule has 1 aromatic carbocycles. The predicted molar refractivity (Wildman–Crippen MR) is 150 cm³/mol. The molecule has 0 atom stereocenters. The van der Waals surface area contributed by atoms with Crippen LogP contribution in [0.3, 0.4) is 0 Å². The fourth-order valence-electron chi connectivity index (χ4n) is 5.63. The van der Waals surface area contributed by atoms with Gasteiger partial charge in [0, 0.05) is 55.2 Å². The monoisotopic (exact) mass is 578 g/mol. The summed E-state index contributed by atoms with van der Waals surface area (Å²) in [4.78, 5) is 31.1. The number of hydrogen-bond donors (Lipinski definition) is 0. The van der Waals surface area contributed by atoms with Crippen molar-refractivity contribution in [3.05, 3.63) is 60.7 Å². The highest BCUT2D eigenvalue weighted by atomic mass is 19.4. The SMILES string of the molecule is O=C(CCC(F)(F)F)Cc1cccc(-c2cnc3cc(-c4cnn(C5CCN(C(=O)CCC6CC6)CC5)c4)cnn23)c1. The molecule has 3 aromatic heterocycles. The van der Waals surface area contributed by atoms with E-state index in [1.807, 2.05) is 34.1 Å². The molecule has 0 spiro atoms. The van der Waals surface area contributed by atoms with Crippen LogP contribution >= 0.6 is 0 Å². The van der Waals surface area contributed by atoms with Crippen LogP contribution in [-0.2, 0) is 16.0 Å². The van der Waals surface area contributed by atoms with Crippen LogP contribution < -0.4 is 0 Å². The van der Waals surface area contributed by atoms with Gasteiger partial charge >= 0.3 is 6.18 Å². The lowest BCUT2D eigenvalue weighted by molar-refractivity contribution is -0.143. The maximum atomic E-state index is 12.5. The molecule has 42 heavy (non-hydrogen) atoms. The number of fused-ring (bicyclic) bond motifs is 1. The van der Waals surface area contributed by atoms with Crippen LogP contribution in [0.1, 0.15) is 63.0 Å². The highest BCUT2D eigenvalue weighted by Crippen LogP contribution is 2.34. The van der Waals surface area contributed by atoms with E-state index in [2.05, 4.69) is 15.2 Å². The van der Waals surface area contributed by atoms with Crippen LogP contribution in [-0.4, -0.2) is 60.2 Å². The number of imidazole rings is 1. The van der Waals surface area contributed by atoms with Crippen LogP contribution in [0, 0.1) is 5.92 Å². The van der Waals surface area contributed by atoms with Crippen LogP contribution in [0.4, 0.5) is 13.2 Å². The summed E-state index contributed by atoms with van der Waals surface area (Å²) >= 11 is 0. The van der Waals surface area contributed by atoms with Gasteiger partial charge in [-0.2, -0.15) is 23.4 Å². The highest BCUT2D eigenvalue weighted by molar-refractivity contribution is 5.81. The number of halogens is 3. The molecule has 1 aliphatic carbocycles. The molecule has 11 heteroatoms. The third-order valence-corrected chi connectivity index (χ3v) is 8.26. The average molecular weight is 579 g/mol. The van der Waals surface area contributed by atoms with Gasteiger partial charge in [-0.1, -0.05) is 31.0 Å². The second-order valence-corrected chi connectivity index (χ2v) is 11.5. The molecular weight excluding hydrogens is 545 g/mol. The van der Waals surface area contributed by atoms with E-state index in [1.165, 1.54) is 12.8 Å². The Morgan fingerprint density at radius 3 is 2.45 bits per heavy atom. The maximum Gasteiger partial charge on any atom is 0.389 e. The zero-order valence-corrected chi connectivity index (χ0v) is 23.3. The third kappa shape index (κ3) is 6.71. The first-order chi connectivity index (χ1) is 20.2. The Morgan fingerprint density at radius 1 is 0.905 bits per heavy atom. The molecule has 8 nitrogen and oxygen atoms in total. The lowest BCUT2D eigenvalue weighted by atomic mass is 10.0. The van der Waals surface area contributed by atoms with Crippen LogP contribution in [0.25, 0.3) is 28.0 Å². The van der Waals surface area contributed by atoms with Crippen LogP contribution in [0.2, 0.25) is 0 Å². The van der Waals surface area contributed by atoms with E-state index >= 15 is 0 Å². The van der Waals surface area contributed by atoms with Gasteiger partial charge in [-0.3, -0.25) is 14.3 Å². The molecule has 1 aliphatic heterocycles. The number of alkyl halides is 3. The molecule has 0 unspecified atom stereocenters. The normalized spacial score (nSPS) is 16.3. The smallest absolute Gasteiger partial charge is 0.343 e. The van der Waals surface area contributed by atoms with E-state index in [0.29, 0.717) is 17.6 Å². The average Bonchev–Trinajstić information content (AvgIpc) is 3.50. The van der Waals surface area contributed by atoms with Crippen molar-refractivity contribution >= 4 is 17.3 Å². The van der Waals surface area contributed by atoms with Crippen molar-refractivity contribution in [2.24, 2.45) is 5.92 Å². The van der Waals surface area contributed by atoms with Gasteiger partial charge in [0.2, 0.25) is 5.91 Å². The number of benzene rings is 1. The fraction of sp³-hybridized carbons (Fsp3) is 0.452. The van der Waals surface area contributed by atoms with E-state index in [4.69, 9.17) is 0 Å². The largest absolute Gasteiger partial charge is 0.389 e. The molecule has 6 rings (SSSR count). The minimum atomic E-state index is -4.34. The molecule has 1 saturated carbocycles. The molecule has 1 saturated heterocycles. The number of Topliss-reactive ketones (excluding diaryl/α,β-unsaturated/α-hetero) is 1. The van der Waals surface area contributed by atoms with E-state index < -0.39 is 24.8 Å². The summed E-state index contributed by atoms with van der Waals surface area (Å²) in [5.41, 5.74) is 4.58. The summed E-state index contributed by atoms with van der Waals surface area (Å²) in [7, 11) is 0. The van der Waals surface area contributed by atoms with Gasteiger partial charge in [0.1, 0.15) is 5.78 Å². The summed E-state index contributed by atoms with van der Waals surface area (Å²) in [6.45, 7) is 1.52. The van der Waals surface area contributed by atoms with E-state index in [0.717, 1.165) is 60.7 Å². The van der Waals surface area contributed by atoms with Crippen molar-refractivity contribution in [2.45, 2.75) is 70.0 Å². The lowest BCUT2D eigenvalue weighted by Gasteiger charge is -2.32. The van der Waals surface area contributed by atoms with Gasteiger partial charge in [-0.15, -0.1) is 0 Å². The van der Waals surface area contributed by atoms with Crippen molar-refractivity contribution in [3.63, 3.8) is 0 Å². The molecule has 2 fully saturated rings. The number of carbonyl (C=O) groups is 2. The number of nitrogens with zero attached hydrogens (tertiary/aromatic N) is 6. The Kier molecular flexibility index (Phi) is 7.83. The zero-order chi connectivity index (χ0) is 29.3. The van der Waals surface area contributed by atoms with E-state index in [-0.39, 0.29) is 18.4 Å². The molecule has 0 N–H and O–H groups in total. The first-order valence-corrected chi connectivity index (χ1v) is 14.6. The van der Waals surface area contributed by atoms with Gasteiger partial charge < -0.3 is 4.90 Å². The summed E-state index contributed by atoms with van der Waals surface area (Å²) in [6, 6.07) is 9.34. The minimum Gasteiger partial charge on any atom is -0.343 e. The van der Waals surface area contributed by atoms with Gasteiger partial charge in [-0.05, 0) is 42.9 Å². The van der Waals surface area contributed by atoms with Crippen molar-refractivity contribution < 1.29 is 22.8 Å². The Bertz CT molecular complexity index is 1580. The number of piperidine rings is 1. The van der Waals surface area contributed by atoms with Gasteiger partial charge in [0.05, 0.1) is 36.7 Å². The number of ketones is 1. The van der Waals surface area contributed by atoms with Crippen molar-refractivity contribution in [2.75, 3.05) is 13.1 Å². The van der Waals surface area contributed by atoms with E-state index in [1.54, 1.807) is 35.1 Å². The molecule has 4 heterocycles. The summed E-state index contributed by atoms with van der Waals surface area (Å²) in [5, 5.41) is 9.22. The van der Waals surface area contributed by atoms with Crippen LogP contribution in [0.15, 0.2) is 55.1 Å². The molecule has 220 valence electrons. The van der Waals surface area contributed by atoms with E-state index in [9.17, 15) is 22.8 Å². The number of likely N-dealkylation sites (tertiary alicyclic amines) is 1. The Hall–Kier alpha value is -4.02. The predicted octanol–water partition coefficient (Wildman–Crippen LogP) is 6.07. The summed E-state index contributed by atoms with van der Waals surface area (Å²) in [5.74, 6) is 0.599. The summed E-state index contributed by atoms with van der Waals surface area (Å²) in [6.07, 6.45) is 7.27. The topological polar surface area (TPSA) is 85.4 Å². The molecule has 0 bridgehead atoms. The molecule has 2 aliphatic rings. The Labute approximate surface area is 241 Å². The van der Waals surface area contributed by atoms with Crippen LogP contribution in [0.5, 0.6) is 0 Å². The second kappa shape index (κ2) is 11.7. The molecule has 4 aromatic rings. The number of rotatable bonds is 10. The fourth-order valence-corrected chi connectivity index (χ4v) is 5.63. The summed E-state index contributed by atoms with van der Waals surface area (Å²) < 4.78 is 41.1. The molecular formula is C31H33F3N6O2. The quantitative estimate of drug-likeness (QED) is 0.228. The van der Waals surface area contributed by atoms with Gasteiger partial charge in [0.25, 0.3) is 0 Å². The molecule has 1 amide bonds. The minimum absolute atomic E-state index is 0.0576. The van der Waals surface area contributed by atoms with Crippen molar-refractivity contribution in [3.8, 4) is 22.4 Å². The van der Waals surface area contributed by atoms with Gasteiger partial charge in [-0.25, -0.2) is 9.50 Å². The third-order valence-electron chi connectivity index (χ3n) is 8.26. The second-order valence-electron chi connectivity index (χ2n) is 11.5. The number of amides is 1. The van der Waals surface area contributed by atoms with Gasteiger partial charge in [0.15, 0.2) is 5.65 Å². The highest BCUT2D eigenvalue weighted by Gasteiger charge is 2.28. The maximum absolute atomic E-state index is 12.5. The zero-order valence-electron chi connectivity index (χ0n) is 23.3. The Balaban J connectivity index is 1.10. The lowest BCUT2D eigenvalue weighted by Crippen LogP contribution is -2.39. The standard InChI is InChI=1S/C31H33F3N6O2/c32-31(33,34)11-8-27(41)15-22-2-1-3-23(14-22)28-19-35-29-16-24(17-37-40(28)29)25-18-36-39(20-25)26-9-12-38(13-10-26)30(42)7-6-21-4-5-21/h1-3,14,16-21,26H,4-13,15H2. The van der Waals surface area contributed by atoms with Crippen molar-refractivity contribution in [1.82, 2.24) is 29.3 Å². The Morgan fingerprint density at radius 2 is 1.69 bits per heavy atom. The first kappa shape index (κ1) is 28.1. The van der Waals surface area contributed by atoms with Crippen molar-refractivity contribution in [1.29, 1.82) is 0 Å².